The van der Waals surface area contributed by atoms with E-state index in [2.05, 4.69) is 17.5 Å². The lowest BCUT2D eigenvalue weighted by molar-refractivity contribution is -0.123. The number of nitrogens with zero attached hydrogens (tertiary/aromatic N) is 1. The van der Waals surface area contributed by atoms with Crippen molar-refractivity contribution in [3.05, 3.63) is 58.0 Å². The van der Waals surface area contributed by atoms with E-state index in [4.69, 9.17) is 4.74 Å². The molecule has 0 unspecified atom stereocenters. The molecule has 180 valence electrons. The van der Waals surface area contributed by atoms with Gasteiger partial charge in [0.15, 0.2) is 0 Å². The highest BCUT2D eigenvalue weighted by Crippen LogP contribution is 2.53. The number of anilines is 2. The van der Waals surface area contributed by atoms with Crippen LogP contribution in [0.5, 0.6) is 0 Å². The van der Waals surface area contributed by atoms with Crippen LogP contribution < -0.4 is 10.2 Å². The average molecular weight is 491 g/mol. The number of hydrogen-bond donors (Lipinski definition) is 1. The second-order valence-corrected chi connectivity index (χ2v) is 10.8. The number of fused-ring (bicyclic) bond motifs is 6. The van der Waals surface area contributed by atoms with Gasteiger partial charge >= 0.3 is 5.97 Å². The van der Waals surface area contributed by atoms with Crippen LogP contribution >= 0.6 is 11.3 Å². The Morgan fingerprint density at radius 1 is 1.03 bits per heavy atom. The van der Waals surface area contributed by atoms with Crippen molar-refractivity contribution in [2.24, 2.45) is 23.7 Å². The summed E-state index contributed by atoms with van der Waals surface area (Å²) in [6.45, 7) is 2.03. The fourth-order valence-electron chi connectivity index (χ4n) is 6.17. The first-order chi connectivity index (χ1) is 17.0. The van der Waals surface area contributed by atoms with Gasteiger partial charge in [0, 0.05) is 10.4 Å². The van der Waals surface area contributed by atoms with Crippen LogP contribution in [0.1, 0.15) is 57.3 Å². The van der Waals surface area contributed by atoms with Crippen LogP contribution in [0.4, 0.5) is 10.7 Å². The number of imide groups is 1. The minimum Gasteiger partial charge on any atom is -0.462 e. The summed E-state index contributed by atoms with van der Waals surface area (Å²) in [4.78, 5) is 54.2. The number of benzene rings is 1. The van der Waals surface area contributed by atoms with Gasteiger partial charge in [-0.25, -0.2) is 4.79 Å². The molecule has 2 heterocycles. The highest BCUT2D eigenvalue weighted by atomic mass is 32.1. The number of thiophene rings is 1. The Morgan fingerprint density at radius 2 is 1.69 bits per heavy atom. The van der Waals surface area contributed by atoms with Crippen molar-refractivity contribution in [3.63, 3.8) is 0 Å². The Labute approximate surface area is 207 Å². The van der Waals surface area contributed by atoms with Gasteiger partial charge in [0.05, 0.1) is 29.7 Å². The van der Waals surface area contributed by atoms with Crippen LogP contribution in [0.15, 0.2) is 36.4 Å². The van der Waals surface area contributed by atoms with E-state index in [0.29, 0.717) is 21.8 Å². The summed E-state index contributed by atoms with van der Waals surface area (Å²) in [5, 5.41) is 3.42. The number of carbonyl (C=O) groups is 4. The van der Waals surface area contributed by atoms with Gasteiger partial charge in [-0.2, -0.15) is 0 Å². The average Bonchev–Trinajstić information content (AvgIpc) is 3.61. The zero-order valence-corrected chi connectivity index (χ0v) is 20.2. The van der Waals surface area contributed by atoms with Gasteiger partial charge in [-0.1, -0.05) is 12.2 Å². The quantitative estimate of drug-likeness (QED) is 0.382. The smallest absolute Gasteiger partial charge is 0.341 e. The van der Waals surface area contributed by atoms with Crippen molar-refractivity contribution in [1.82, 2.24) is 0 Å². The monoisotopic (exact) mass is 490 g/mol. The normalized spacial score (nSPS) is 26.1. The van der Waals surface area contributed by atoms with Crippen LogP contribution in [0, 0.1) is 23.7 Å². The number of ether oxygens (including phenoxy) is 1. The van der Waals surface area contributed by atoms with Crippen molar-refractivity contribution in [2.45, 2.75) is 39.0 Å². The molecule has 1 saturated carbocycles. The van der Waals surface area contributed by atoms with Gasteiger partial charge in [-0.05, 0) is 80.7 Å². The Bertz CT molecular complexity index is 1250. The van der Waals surface area contributed by atoms with Crippen LogP contribution in [0.25, 0.3) is 0 Å². The third-order valence-corrected chi connectivity index (χ3v) is 8.94. The number of hydrogen-bond acceptors (Lipinski definition) is 6. The molecule has 4 atom stereocenters. The summed E-state index contributed by atoms with van der Waals surface area (Å²) in [6.07, 6.45) is 8.81. The molecule has 1 aromatic heterocycles. The van der Waals surface area contributed by atoms with Crippen LogP contribution in [-0.2, 0) is 27.2 Å². The molecular formula is C27H26N2O5S. The highest BCUT2D eigenvalue weighted by Gasteiger charge is 2.59. The van der Waals surface area contributed by atoms with Crippen LogP contribution in [0.2, 0.25) is 0 Å². The number of aryl methyl sites for hydroxylation is 1. The molecular weight excluding hydrogens is 464 g/mol. The molecule has 2 aromatic rings. The molecule has 1 N–H and O–H groups in total. The first kappa shape index (κ1) is 22.2. The SMILES string of the molecule is CCOC(=O)c1c(NC(=O)c2ccc(N3C(=O)[C@H]4[C@H](C3=O)[C@H]3C=C[C@@H]4C3)cc2)sc2c1CCCC2. The number of nitrogens with one attached hydrogen (secondary N) is 1. The molecule has 3 aliphatic carbocycles. The molecule has 3 amide bonds. The topological polar surface area (TPSA) is 92.8 Å². The molecule has 2 bridgehead atoms. The van der Waals surface area contributed by atoms with Crippen molar-refractivity contribution < 1.29 is 23.9 Å². The number of amides is 3. The van der Waals surface area contributed by atoms with E-state index in [9.17, 15) is 19.2 Å². The molecule has 35 heavy (non-hydrogen) atoms. The van der Waals surface area contributed by atoms with Crippen LogP contribution in [0.3, 0.4) is 0 Å². The molecule has 6 rings (SSSR count). The summed E-state index contributed by atoms with van der Waals surface area (Å²) >= 11 is 1.44. The molecule has 1 aromatic carbocycles. The second kappa shape index (κ2) is 8.45. The first-order valence-electron chi connectivity index (χ1n) is 12.3. The Kier molecular flexibility index (Phi) is 5.36. The molecule has 2 fully saturated rings. The summed E-state index contributed by atoms with van der Waals surface area (Å²) in [5.41, 5.74) is 2.34. The number of rotatable bonds is 5. The molecule has 0 spiro atoms. The van der Waals surface area contributed by atoms with Gasteiger partial charge < -0.3 is 10.1 Å². The number of carbonyl (C=O) groups excluding carboxylic acids is 4. The Morgan fingerprint density at radius 3 is 2.34 bits per heavy atom. The maximum Gasteiger partial charge on any atom is 0.341 e. The lowest BCUT2D eigenvalue weighted by Crippen LogP contribution is -2.32. The minimum absolute atomic E-state index is 0.141. The highest BCUT2D eigenvalue weighted by molar-refractivity contribution is 7.17. The minimum atomic E-state index is -0.405. The maximum absolute atomic E-state index is 13.1. The number of esters is 1. The predicted octanol–water partition coefficient (Wildman–Crippen LogP) is 4.37. The number of allylic oxidation sites excluding steroid dienone is 2. The van der Waals surface area contributed by atoms with E-state index in [1.165, 1.54) is 16.2 Å². The van der Waals surface area contributed by atoms with Gasteiger partial charge in [0.25, 0.3) is 5.91 Å². The van der Waals surface area contributed by atoms with E-state index in [1.54, 1.807) is 31.2 Å². The lowest BCUT2D eigenvalue weighted by atomic mass is 9.85. The molecule has 1 saturated heterocycles. The molecule has 8 heteroatoms. The van der Waals surface area contributed by atoms with Crippen molar-refractivity contribution in [2.75, 3.05) is 16.8 Å². The summed E-state index contributed by atoms with van der Waals surface area (Å²) < 4.78 is 5.27. The van der Waals surface area contributed by atoms with E-state index in [1.807, 2.05) is 0 Å². The zero-order valence-electron chi connectivity index (χ0n) is 19.4. The summed E-state index contributed by atoms with van der Waals surface area (Å²) in [5.74, 6) is -1.24. The van der Waals surface area contributed by atoms with E-state index >= 15 is 0 Å². The van der Waals surface area contributed by atoms with Gasteiger partial charge in [-0.3, -0.25) is 19.3 Å². The maximum atomic E-state index is 13.1. The third-order valence-electron chi connectivity index (χ3n) is 7.74. The third kappa shape index (κ3) is 3.45. The largest absolute Gasteiger partial charge is 0.462 e. The summed E-state index contributed by atoms with van der Waals surface area (Å²) in [7, 11) is 0. The van der Waals surface area contributed by atoms with Crippen molar-refractivity contribution in [1.29, 1.82) is 0 Å². The Hall–Kier alpha value is -3.26. The Balaban J connectivity index is 1.22. The van der Waals surface area contributed by atoms with Gasteiger partial charge in [-0.15, -0.1) is 11.3 Å². The second-order valence-electron chi connectivity index (χ2n) is 9.65. The molecule has 7 nitrogen and oxygen atoms in total. The van der Waals surface area contributed by atoms with Crippen molar-refractivity contribution >= 4 is 45.7 Å². The van der Waals surface area contributed by atoms with E-state index in [0.717, 1.165) is 42.5 Å². The molecule has 4 aliphatic rings. The lowest BCUT2D eigenvalue weighted by Gasteiger charge is -2.17. The first-order valence-corrected chi connectivity index (χ1v) is 13.1. The fraction of sp³-hybridized carbons (Fsp3) is 0.407. The van der Waals surface area contributed by atoms with Gasteiger partial charge in [0.1, 0.15) is 5.00 Å². The fourth-order valence-corrected chi connectivity index (χ4v) is 7.44. The van der Waals surface area contributed by atoms with Crippen molar-refractivity contribution in [3.8, 4) is 0 Å². The zero-order chi connectivity index (χ0) is 24.3. The summed E-state index contributed by atoms with van der Waals surface area (Å²) in [6, 6.07) is 6.52. The molecule has 1 aliphatic heterocycles. The molecule has 0 radical (unpaired) electrons. The predicted molar refractivity (Wildman–Crippen MR) is 132 cm³/mol. The van der Waals surface area contributed by atoms with Gasteiger partial charge in [0.2, 0.25) is 11.8 Å². The van der Waals surface area contributed by atoms with E-state index in [-0.39, 0.29) is 48.0 Å². The van der Waals surface area contributed by atoms with E-state index < -0.39 is 5.97 Å². The standard InChI is InChI=1S/C27H26N2O5S/c1-2-34-27(33)22-18-5-3-4-6-19(18)35-24(22)28-23(30)14-9-11-17(12-10-14)29-25(31)20-15-7-8-16(13-15)21(20)26(29)32/h7-12,15-16,20-21H,2-6,13H2,1H3,(H,28,30)/t15-,16+,20-,21-/m1/s1. The van der Waals surface area contributed by atoms with Crippen LogP contribution in [-0.4, -0.2) is 30.3 Å².